The number of nitrogens with two attached hydrogens (primary N) is 1. The Morgan fingerprint density at radius 2 is 2.18 bits per heavy atom. The second kappa shape index (κ2) is 6.19. The Balaban J connectivity index is 0. The van der Waals surface area contributed by atoms with Gasteiger partial charge in [-0.2, -0.15) is 0 Å². The second-order valence-corrected chi connectivity index (χ2v) is 2.23. The molecular weight excluding hydrogens is 166 g/mol. The lowest BCUT2D eigenvalue weighted by molar-refractivity contribution is -0.132. The normalized spacial score (nSPS) is 13.5. The van der Waals surface area contributed by atoms with Crippen LogP contribution in [0.25, 0.3) is 0 Å². The van der Waals surface area contributed by atoms with Crippen molar-refractivity contribution in [1.29, 1.82) is 0 Å². The molecule has 0 saturated carbocycles. The summed E-state index contributed by atoms with van der Waals surface area (Å²) in [5.41, 5.74) is 5.79. The van der Waals surface area contributed by atoms with Gasteiger partial charge < -0.3 is 10.8 Å². The van der Waals surface area contributed by atoms with Crippen molar-refractivity contribution in [2.45, 2.75) is 26.3 Å². The van der Waals surface area contributed by atoms with E-state index in [4.69, 9.17) is 10.8 Å². The highest BCUT2D eigenvalue weighted by Gasteiger charge is 2.01. The molecule has 3 N–H and O–H groups in total. The maximum absolute atomic E-state index is 10.2. The van der Waals surface area contributed by atoms with E-state index < -0.39 is 5.97 Å². The number of carboxylic acids is 1. The third-order valence-electron chi connectivity index (χ3n) is 1.27. The van der Waals surface area contributed by atoms with Crippen LogP contribution in [0.3, 0.4) is 0 Å². The molecule has 66 valence electrons. The highest BCUT2D eigenvalue weighted by Crippen LogP contribution is 1.96. The van der Waals surface area contributed by atoms with Crippen LogP contribution in [0.5, 0.6) is 0 Å². The van der Waals surface area contributed by atoms with Gasteiger partial charge in [-0.1, -0.05) is 13.0 Å². The molecule has 1 atom stereocenters. The zero-order chi connectivity index (χ0) is 8.15. The average Bonchev–Trinajstić information content (AvgIpc) is 1.87. The van der Waals surface area contributed by atoms with E-state index >= 15 is 0 Å². The fourth-order valence-electron chi connectivity index (χ4n) is 0.510. The first-order chi connectivity index (χ1) is 4.57. The zero-order valence-corrected chi connectivity index (χ0v) is 7.52. The molecule has 3 nitrogen and oxygen atoms in total. The summed E-state index contributed by atoms with van der Waals surface area (Å²) in [5, 5.41) is 8.40. The highest BCUT2D eigenvalue weighted by molar-refractivity contribution is 5.86. The van der Waals surface area contributed by atoms with Crippen LogP contribution in [0.15, 0.2) is 11.6 Å². The Morgan fingerprint density at radius 1 is 1.73 bits per heavy atom. The second-order valence-electron chi connectivity index (χ2n) is 2.23. The smallest absolute Gasteiger partial charge is 0.331 e. The van der Waals surface area contributed by atoms with Gasteiger partial charge in [0.15, 0.2) is 0 Å². The van der Waals surface area contributed by atoms with Crippen LogP contribution >= 0.6 is 12.4 Å². The summed E-state index contributed by atoms with van der Waals surface area (Å²) in [4.78, 5) is 10.2. The van der Waals surface area contributed by atoms with Crippen molar-refractivity contribution in [3.8, 4) is 0 Å². The maximum atomic E-state index is 10.2. The number of hydrogen-bond donors (Lipinski definition) is 2. The minimum atomic E-state index is -0.899. The predicted octanol–water partition coefficient (Wildman–Crippen LogP) is 1.18. The molecule has 0 heterocycles. The molecule has 0 saturated heterocycles. The van der Waals surface area contributed by atoms with Gasteiger partial charge >= 0.3 is 5.97 Å². The van der Waals surface area contributed by atoms with Gasteiger partial charge in [0, 0.05) is 11.6 Å². The van der Waals surface area contributed by atoms with Crippen LogP contribution in [0.4, 0.5) is 0 Å². The lowest BCUT2D eigenvalue weighted by Gasteiger charge is -2.01. The highest BCUT2D eigenvalue weighted by atomic mass is 35.5. The van der Waals surface area contributed by atoms with E-state index in [2.05, 4.69) is 0 Å². The zero-order valence-electron chi connectivity index (χ0n) is 6.70. The molecule has 4 heteroatoms. The van der Waals surface area contributed by atoms with Gasteiger partial charge in [-0.25, -0.2) is 4.79 Å². The van der Waals surface area contributed by atoms with E-state index in [1.807, 2.05) is 6.92 Å². The minimum absolute atomic E-state index is 0. The van der Waals surface area contributed by atoms with Gasteiger partial charge in [0.25, 0.3) is 0 Å². The SMILES string of the molecule is CCC(N)C=C(C)C(=O)O.Cl. The van der Waals surface area contributed by atoms with Crippen molar-refractivity contribution in [1.82, 2.24) is 0 Å². The van der Waals surface area contributed by atoms with Gasteiger partial charge in [-0.15, -0.1) is 12.4 Å². The maximum Gasteiger partial charge on any atom is 0.331 e. The molecule has 0 aromatic rings. The lowest BCUT2D eigenvalue weighted by atomic mass is 10.1. The van der Waals surface area contributed by atoms with E-state index in [0.29, 0.717) is 5.57 Å². The molecule has 11 heavy (non-hydrogen) atoms. The van der Waals surface area contributed by atoms with Crippen molar-refractivity contribution in [3.63, 3.8) is 0 Å². The van der Waals surface area contributed by atoms with Crippen LogP contribution < -0.4 is 5.73 Å². The first kappa shape index (κ1) is 13.1. The molecule has 0 aromatic carbocycles. The van der Waals surface area contributed by atoms with Crippen molar-refractivity contribution in [3.05, 3.63) is 11.6 Å². The molecule has 0 bridgehead atoms. The van der Waals surface area contributed by atoms with Gasteiger partial charge in [0.05, 0.1) is 0 Å². The van der Waals surface area contributed by atoms with Crippen molar-refractivity contribution in [2.24, 2.45) is 5.73 Å². The fraction of sp³-hybridized carbons (Fsp3) is 0.571. The molecule has 0 aliphatic carbocycles. The van der Waals surface area contributed by atoms with Crippen LogP contribution in [-0.4, -0.2) is 17.1 Å². The van der Waals surface area contributed by atoms with Gasteiger partial charge in [-0.05, 0) is 13.3 Å². The molecule has 0 aromatic heterocycles. The van der Waals surface area contributed by atoms with E-state index in [1.165, 1.54) is 6.92 Å². The average molecular weight is 180 g/mol. The van der Waals surface area contributed by atoms with Crippen molar-refractivity contribution in [2.75, 3.05) is 0 Å². The summed E-state index contributed by atoms with van der Waals surface area (Å²) in [6, 6.07) is -0.129. The van der Waals surface area contributed by atoms with Crippen LogP contribution in [0.2, 0.25) is 0 Å². The Kier molecular flexibility index (Phi) is 7.36. The van der Waals surface area contributed by atoms with Crippen LogP contribution in [0, 0.1) is 0 Å². The number of halogens is 1. The van der Waals surface area contributed by atoms with E-state index in [-0.39, 0.29) is 18.4 Å². The Morgan fingerprint density at radius 3 is 2.45 bits per heavy atom. The van der Waals surface area contributed by atoms with E-state index in [9.17, 15) is 4.79 Å². The van der Waals surface area contributed by atoms with Crippen LogP contribution in [-0.2, 0) is 4.79 Å². The summed E-state index contributed by atoms with van der Waals surface area (Å²) in [7, 11) is 0. The molecule has 0 rings (SSSR count). The topological polar surface area (TPSA) is 63.3 Å². The monoisotopic (exact) mass is 179 g/mol. The van der Waals surface area contributed by atoms with Crippen molar-refractivity contribution >= 4 is 18.4 Å². The largest absolute Gasteiger partial charge is 0.478 e. The molecule has 0 aliphatic heterocycles. The number of carbonyl (C=O) groups is 1. The number of carboxylic acid groups (broad SMARTS) is 1. The molecule has 0 radical (unpaired) electrons. The van der Waals surface area contributed by atoms with Crippen LogP contribution in [0.1, 0.15) is 20.3 Å². The Bertz CT molecular complexity index is 157. The molecule has 1 unspecified atom stereocenters. The standard InChI is InChI=1S/C7H13NO2.ClH/c1-3-6(8)4-5(2)7(9)10;/h4,6H,3,8H2,1-2H3,(H,9,10);1H. The van der Waals surface area contributed by atoms with Gasteiger partial charge in [0.2, 0.25) is 0 Å². The minimum Gasteiger partial charge on any atom is -0.478 e. The molecule has 0 spiro atoms. The molecule has 0 fully saturated rings. The molecule has 0 amide bonds. The molecular formula is C7H14ClNO2. The number of rotatable bonds is 3. The Labute approximate surface area is 72.7 Å². The lowest BCUT2D eigenvalue weighted by Crippen LogP contribution is -2.16. The quantitative estimate of drug-likeness (QED) is 0.640. The fourth-order valence-corrected chi connectivity index (χ4v) is 0.510. The Hall–Kier alpha value is -0.540. The third kappa shape index (κ3) is 5.88. The number of hydrogen-bond acceptors (Lipinski definition) is 2. The summed E-state index contributed by atoms with van der Waals surface area (Å²) >= 11 is 0. The first-order valence-corrected chi connectivity index (χ1v) is 3.25. The summed E-state index contributed by atoms with van der Waals surface area (Å²) < 4.78 is 0. The van der Waals surface area contributed by atoms with Gasteiger partial charge in [0.1, 0.15) is 0 Å². The van der Waals surface area contributed by atoms with E-state index in [1.54, 1.807) is 6.08 Å². The molecule has 0 aliphatic rings. The summed E-state index contributed by atoms with van der Waals surface area (Å²) in [5.74, 6) is -0.899. The van der Waals surface area contributed by atoms with Crippen molar-refractivity contribution < 1.29 is 9.90 Å². The predicted molar refractivity (Wildman–Crippen MR) is 46.9 cm³/mol. The summed E-state index contributed by atoms with van der Waals surface area (Å²) in [6.07, 6.45) is 2.33. The summed E-state index contributed by atoms with van der Waals surface area (Å²) in [6.45, 7) is 3.45. The third-order valence-corrected chi connectivity index (χ3v) is 1.27. The number of aliphatic carboxylic acids is 1. The first-order valence-electron chi connectivity index (χ1n) is 3.25. The van der Waals surface area contributed by atoms with Gasteiger partial charge in [-0.3, -0.25) is 0 Å². The van der Waals surface area contributed by atoms with E-state index in [0.717, 1.165) is 6.42 Å².